The van der Waals surface area contributed by atoms with Crippen LogP contribution in [0.1, 0.15) is 38.5 Å². The molecule has 0 saturated heterocycles. The minimum absolute atomic E-state index is 0.0629. The average Bonchev–Trinajstić information content (AvgIpc) is 2.91. The minimum Gasteiger partial charge on any atom is -0.382 e. The van der Waals surface area contributed by atoms with Crippen LogP contribution in [0.3, 0.4) is 0 Å². The molecule has 3 rings (SSSR count). The Labute approximate surface area is 113 Å². The number of hydrogen-bond acceptors (Lipinski definition) is 3. The van der Waals surface area contributed by atoms with Gasteiger partial charge < -0.3 is 10.6 Å². The Morgan fingerprint density at radius 1 is 1.32 bits per heavy atom. The molecule has 5 heteroatoms. The second-order valence-corrected chi connectivity index (χ2v) is 5.80. The molecule has 0 aromatic carbocycles. The third-order valence-corrected chi connectivity index (χ3v) is 3.95. The quantitative estimate of drug-likeness (QED) is 0.821. The van der Waals surface area contributed by atoms with Gasteiger partial charge in [0.15, 0.2) is 0 Å². The summed E-state index contributed by atoms with van der Waals surface area (Å²) in [7, 11) is 0. The molecule has 0 radical (unpaired) electrons. The third kappa shape index (κ3) is 3.72. The number of nitrogens with zero attached hydrogens (tertiary/aromatic N) is 2. The second-order valence-electron chi connectivity index (χ2n) is 5.80. The molecular formula is C14H22N4O. The molecule has 2 saturated carbocycles. The van der Waals surface area contributed by atoms with E-state index in [0.717, 1.165) is 31.0 Å². The van der Waals surface area contributed by atoms with E-state index >= 15 is 0 Å². The lowest BCUT2D eigenvalue weighted by Gasteiger charge is -2.09. The second kappa shape index (κ2) is 5.63. The van der Waals surface area contributed by atoms with Crippen molar-refractivity contribution in [3.05, 3.63) is 12.4 Å². The summed E-state index contributed by atoms with van der Waals surface area (Å²) in [6.45, 7) is 1.35. The van der Waals surface area contributed by atoms with Crippen LogP contribution in [0, 0.1) is 5.92 Å². The van der Waals surface area contributed by atoms with E-state index < -0.39 is 0 Å². The topological polar surface area (TPSA) is 59.0 Å². The predicted molar refractivity (Wildman–Crippen MR) is 73.8 cm³/mol. The van der Waals surface area contributed by atoms with Crippen molar-refractivity contribution in [3.63, 3.8) is 0 Å². The Kier molecular flexibility index (Phi) is 3.71. The lowest BCUT2D eigenvalue weighted by molar-refractivity contribution is -0.122. The van der Waals surface area contributed by atoms with E-state index in [1.807, 2.05) is 6.20 Å². The summed E-state index contributed by atoms with van der Waals surface area (Å²) < 4.78 is 1.70. The van der Waals surface area contributed by atoms with Gasteiger partial charge in [0.25, 0.3) is 0 Å². The maximum absolute atomic E-state index is 11.6. The van der Waals surface area contributed by atoms with Gasteiger partial charge in [0.1, 0.15) is 6.54 Å². The first-order valence-corrected chi connectivity index (χ1v) is 7.35. The number of aromatic nitrogens is 2. The monoisotopic (exact) mass is 262 g/mol. The van der Waals surface area contributed by atoms with Crippen LogP contribution in [0.25, 0.3) is 0 Å². The molecule has 1 amide bonds. The summed E-state index contributed by atoms with van der Waals surface area (Å²) in [4.78, 5) is 11.6. The molecule has 1 heterocycles. The zero-order chi connectivity index (χ0) is 13.1. The van der Waals surface area contributed by atoms with Gasteiger partial charge >= 0.3 is 0 Å². The van der Waals surface area contributed by atoms with Crippen molar-refractivity contribution in [3.8, 4) is 0 Å². The van der Waals surface area contributed by atoms with Gasteiger partial charge in [-0.3, -0.25) is 9.48 Å². The highest BCUT2D eigenvalue weighted by molar-refractivity contribution is 5.76. The van der Waals surface area contributed by atoms with Crippen molar-refractivity contribution in [2.24, 2.45) is 5.92 Å². The van der Waals surface area contributed by atoms with E-state index in [1.165, 1.54) is 25.7 Å². The number of rotatable bonds is 6. The summed E-state index contributed by atoms with van der Waals surface area (Å²) in [5, 5.41) is 10.6. The Bertz CT molecular complexity index is 432. The summed E-state index contributed by atoms with van der Waals surface area (Å²) in [6, 6.07) is 0.419. The summed E-state index contributed by atoms with van der Waals surface area (Å²) in [5.41, 5.74) is 1.02. The Morgan fingerprint density at radius 2 is 2.11 bits per heavy atom. The maximum Gasteiger partial charge on any atom is 0.241 e. The standard InChI is InChI=1S/C14H22N4O/c19-14(17-12-5-6-12)10-18-9-13(8-16-18)15-7-11-3-1-2-4-11/h8-9,11-12,15H,1-7,10H2,(H,17,19). The largest absolute Gasteiger partial charge is 0.382 e. The van der Waals surface area contributed by atoms with E-state index in [9.17, 15) is 4.79 Å². The molecule has 1 aromatic rings. The Balaban J connectivity index is 1.43. The van der Waals surface area contributed by atoms with Crippen molar-refractivity contribution < 1.29 is 4.79 Å². The molecule has 0 aliphatic heterocycles. The molecule has 2 fully saturated rings. The normalized spacial score (nSPS) is 19.6. The van der Waals surface area contributed by atoms with Crippen LogP contribution in [0.5, 0.6) is 0 Å². The summed E-state index contributed by atoms with van der Waals surface area (Å²) >= 11 is 0. The molecule has 0 atom stereocenters. The lowest BCUT2D eigenvalue weighted by Crippen LogP contribution is -2.29. The molecule has 0 bridgehead atoms. The first-order valence-electron chi connectivity index (χ1n) is 7.35. The molecule has 2 N–H and O–H groups in total. The van der Waals surface area contributed by atoms with Crippen LogP contribution in [-0.4, -0.2) is 28.3 Å². The van der Waals surface area contributed by atoms with Gasteiger partial charge in [-0.2, -0.15) is 5.10 Å². The van der Waals surface area contributed by atoms with Crippen LogP contribution in [0.2, 0.25) is 0 Å². The highest BCUT2D eigenvalue weighted by Crippen LogP contribution is 2.24. The minimum atomic E-state index is 0.0629. The van der Waals surface area contributed by atoms with E-state index in [2.05, 4.69) is 15.7 Å². The summed E-state index contributed by atoms with van der Waals surface area (Å²) in [6.07, 6.45) is 11.4. The van der Waals surface area contributed by atoms with Gasteiger partial charge in [-0.1, -0.05) is 12.8 Å². The van der Waals surface area contributed by atoms with Gasteiger partial charge in [-0.25, -0.2) is 0 Å². The summed E-state index contributed by atoms with van der Waals surface area (Å²) in [5.74, 6) is 0.870. The van der Waals surface area contributed by atoms with Crippen LogP contribution in [-0.2, 0) is 11.3 Å². The van der Waals surface area contributed by atoms with E-state index in [4.69, 9.17) is 0 Å². The SMILES string of the molecule is O=C(Cn1cc(NCC2CCCC2)cn1)NC1CC1. The van der Waals surface area contributed by atoms with Gasteiger partial charge in [-0.05, 0) is 31.6 Å². The van der Waals surface area contributed by atoms with Crippen molar-refractivity contribution >= 4 is 11.6 Å². The number of hydrogen-bond donors (Lipinski definition) is 2. The van der Waals surface area contributed by atoms with Crippen molar-refractivity contribution in [2.75, 3.05) is 11.9 Å². The zero-order valence-electron chi connectivity index (χ0n) is 11.3. The third-order valence-electron chi connectivity index (χ3n) is 3.95. The first-order chi connectivity index (χ1) is 9.29. The van der Waals surface area contributed by atoms with Crippen molar-refractivity contribution in [2.45, 2.75) is 51.1 Å². The first kappa shape index (κ1) is 12.5. The highest BCUT2D eigenvalue weighted by Gasteiger charge is 2.23. The number of anilines is 1. The lowest BCUT2D eigenvalue weighted by atomic mass is 10.1. The molecule has 2 aliphatic carbocycles. The molecule has 19 heavy (non-hydrogen) atoms. The van der Waals surface area contributed by atoms with Gasteiger partial charge in [0.05, 0.1) is 11.9 Å². The fourth-order valence-electron chi connectivity index (χ4n) is 2.67. The predicted octanol–water partition coefficient (Wildman–Crippen LogP) is 1.76. The van der Waals surface area contributed by atoms with Crippen LogP contribution in [0.4, 0.5) is 5.69 Å². The molecule has 104 valence electrons. The van der Waals surface area contributed by atoms with Gasteiger partial charge in [-0.15, -0.1) is 0 Å². The maximum atomic E-state index is 11.6. The number of nitrogens with one attached hydrogen (secondary N) is 2. The molecular weight excluding hydrogens is 240 g/mol. The molecule has 5 nitrogen and oxygen atoms in total. The molecule has 1 aromatic heterocycles. The Morgan fingerprint density at radius 3 is 2.84 bits per heavy atom. The number of amides is 1. The van der Waals surface area contributed by atoms with Crippen LogP contribution >= 0.6 is 0 Å². The fourth-order valence-corrected chi connectivity index (χ4v) is 2.67. The molecule has 0 unspecified atom stereocenters. The van der Waals surface area contributed by atoms with E-state index in [0.29, 0.717) is 12.6 Å². The van der Waals surface area contributed by atoms with Gasteiger partial charge in [0.2, 0.25) is 5.91 Å². The highest BCUT2D eigenvalue weighted by atomic mass is 16.2. The van der Waals surface area contributed by atoms with E-state index in [-0.39, 0.29) is 5.91 Å². The van der Waals surface area contributed by atoms with E-state index in [1.54, 1.807) is 10.9 Å². The fraction of sp³-hybridized carbons (Fsp3) is 0.714. The van der Waals surface area contributed by atoms with Crippen molar-refractivity contribution in [1.29, 1.82) is 0 Å². The number of carbonyl (C=O) groups is 1. The van der Waals surface area contributed by atoms with Crippen LogP contribution < -0.4 is 10.6 Å². The zero-order valence-corrected chi connectivity index (χ0v) is 11.3. The molecule has 2 aliphatic rings. The smallest absolute Gasteiger partial charge is 0.241 e. The molecule has 0 spiro atoms. The van der Waals surface area contributed by atoms with Gasteiger partial charge in [0, 0.05) is 18.8 Å². The Hall–Kier alpha value is -1.52. The van der Waals surface area contributed by atoms with Crippen LogP contribution in [0.15, 0.2) is 12.4 Å². The van der Waals surface area contributed by atoms with Crippen molar-refractivity contribution in [1.82, 2.24) is 15.1 Å². The number of carbonyl (C=O) groups excluding carboxylic acids is 1. The average molecular weight is 262 g/mol.